The highest BCUT2D eigenvalue weighted by Gasteiger charge is 2.47. The van der Waals surface area contributed by atoms with Crippen molar-refractivity contribution in [3.8, 4) is 0 Å². The van der Waals surface area contributed by atoms with Crippen LogP contribution in [0.5, 0.6) is 0 Å². The predicted octanol–water partition coefficient (Wildman–Crippen LogP) is 2.19. The smallest absolute Gasteiger partial charge is 0.306 e. The highest BCUT2D eigenvalue weighted by atomic mass is 16.6. The number of hydrogen-bond acceptors (Lipinski definition) is 5. The molecule has 1 fully saturated rings. The Balaban J connectivity index is 2.26. The number of nitro groups is 1. The summed E-state index contributed by atoms with van der Waals surface area (Å²) in [4.78, 5) is 22.3. The number of nitro benzene ring substituents is 1. The molecule has 0 aromatic heterocycles. The van der Waals surface area contributed by atoms with Gasteiger partial charge in [-0.25, -0.2) is 0 Å². The van der Waals surface area contributed by atoms with Gasteiger partial charge in [0.1, 0.15) is 0 Å². The fourth-order valence-electron chi connectivity index (χ4n) is 3.09. The normalized spacial score (nSPS) is 24.2. The molecule has 0 radical (unpaired) electrons. The highest BCUT2D eigenvalue weighted by Crippen LogP contribution is 2.50. The van der Waals surface area contributed by atoms with E-state index >= 15 is 0 Å². The predicted molar refractivity (Wildman–Crippen MR) is 75.8 cm³/mol. The first-order chi connectivity index (χ1) is 10.0. The maximum Gasteiger partial charge on any atom is 0.306 e. The number of carbonyl (C=O) groups excluding carboxylic acids is 1. The summed E-state index contributed by atoms with van der Waals surface area (Å²) in [6.45, 7) is 2.13. The van der Waals surface area contributed by atoms with Crippen molar-refractivity contribution in [2.75, 3.05) is 13.2 Å². The molecule has 0 bridgehead atoms. The largest absolute Gasteiger partial charge is 0.466 e. The standard InChI is InChI=1S/C15H19NO5/c1-2-21-14(18)9-15(7-11(8-15)10-17)12-4-3-5-13(6-12)16(19)20/h3-6,11,17H,2,7-10H2,1H3. The molecule has 21 heavy (non-hydrogen) atoms. The zero-order valence-corrected chi connectivity index (χ0v) is 11.9. The minimum atomic E-state index is -0.453. The monoisotopic (exact) mass is 293 g/mol. The van der Waals surface area contributed by atoms with Crippen molar-refractivity contribution in [3.63, 3.8) is 0 Å². The Morgan fingerprint density at radius 3 is 2.81 bits per heavy atom. The van der Waals surface area contributed by atoms with E-state index in [-0.39, 0.29) is 30.6 Å². The minimum absolute atomic E-state index is 0.0168. The zero-order chi connectivity index (χ0) is 15.5. The van der Waals surface area contributed by atoms with Crippen LogP contribution in [0.4, 0.5) is 5.69 Å². The second kappa shape index (κ2) is 6.22. The Morgan fingerprint density at radius 2 is 2.24 bits per heavy atom. The first-order valence-electron chi connectivity index (χ1n) is 7.02. The van der Waals surface area contributed by atoms with Crippen molar-refractivity contribution in [2.45, 2.75) is 31.6 Å². The lowest BCUT2D eigenvalue weighted by Crippen LogP contribution is -2.44. The zero-order valence-electron chi connectivity index (χ0n) is 11.9. The lowest BCUT2D eigenvalue weighted by molar-refractivity contribution is -0.385. The second-order valence-electron chi connectivity index (χ2n) is 5.53. The molecule has 1 aliphatic rings. The molecule has 0 unspecified atom stereocenters. The van der Waals surface area contributed by atoms with Crippen LogP contribution in [0.15, 0.2) is 24.3 Å². The molecule has 0 atom stereocenters. The van der Waals surface area contributed by atoms with Gasteiger partial charge in [0.05, 0.1) is 18.0 Å². The molecular weight excluding hydrogens is 274 g/mol. The van der Waals surface area contributed by atoms with Gasteiger partial charge in [-0.3, -0.25) is 14.9 Å². The van der Waals surface area contributed by atoms with Crippen LogP contribution in [0, 0.1) is 16.0 Å². The SMILES string of the molecule is CCOC(=O)CC1(c2cccc([N+](=O)[O-])c2)CC(CO)C1. The van der Waals surface area contributed by atoms with Gasteiger partial charge in [0.25, 0.3) is 5.69 Å². The maximum absolute atomic E-state index is 11.8. The Bertz CT molecular complexity index is 537. The third-order valence-corrected chi connectivity index (χ3v) is 4.07. The van der Waals surface area contributed by atoms with Crippen molar-refractivity contribution in [3.05, 3.63) is 39.9 Å². The average Bonchev–Trinajstić information content (AvgIpc) is 2.42. The number of nitrogens with zero attached hydrogens (tertiary/aromatic N) is 1. The lowest BCUT2D eigenvalue weighted by atomic mass is 9.57. The number of esters is 1. The molecule has 1 aromatic carbocycles. The number of aliphatic hydroxyl groups excluding tert-OH is 1. The summed E-state index contributed by atoms with van der Waals surface area (Å²) >= 11 is 0. The topological polar surface area (TPSA) is 89.7 Å². The van der Waals surface area contributed by atoms with E-state index in [0.717, 1.165) is 5.56 Å². The van der Waals surface area contributed by atoms with E-state index in [1.54, 1.807) is 19.1 Å². The van der Waals surface area contributed by atoms with Gasteiger partial charge in [-0.1, -0.05) is 12.1 Å². The van der Waals surface area contributed by atoms with Crippen LogP contribution in [-0.2, 0) is 14.9 Å². The molecular formula is C15H19NO5. The number of hydrogen-bond donors (Lipinski definition) is 1. The van der Waals surface area contributed by atoms with Crippen molar-refractivity contribution in [1.82, 2.24) is 0 Å². The van der Waals surface area contributed by atoms with Gasteiger partial charge in [0.15, 0.2) is 0 Å². The summed E-state index contributed by atoms with van der Waals surface area (Å²) in [7, 11) is 0. The molecule has 0 aliphatic heterocycles. The van der Waals surface area contributed by atoms with Crippen LogP contribution in [0.3, 0.4) is 0 Å². The van der Waals surface area contributed by atoms with E-state index in [4.69, 9.17) is 4.74 Å². The van der Waals surface area contributed by atoms with E-state index in [1.165, 1.54) is 12.1 Å². The molecule has 6 heteroatoms. The summed E-state index contributed by atoms with van der Waals surface area (Å²) in [5.74, 6) is -0.168. The minimum Gasteiger partial charge on any atom is -0.466 e. The van der Waals surface area contributed by atoms with E-state index in [9.17, 15) is 20.0 Å². The maximum atomic E-state index is 11.8. The first kappa shape index (κ1) is 15.4. The molecule has 1 aliphatic carbocycles. The number of benzene rings is 1. The van der Waals surface area contributed by atoms with E-state index in [2.05, 4.69) is 0 Å². The summed E-state index contributed by atoms with van der Waals surface area (Å²) in [5, 5.41) is 20.1. The van der Waals surface area contributed by atoms with Crippen LogP contribution in [0.2, 0.25) is 0 Å². The van der Waals surface area contributed by atoms with Gasteiger partial charge >= 0.3 is 5.97 Å². The number of rotatable bonds is 6. The molecule has 114 valence electrons. The molecule has 1 saturated carbocycles. The molecule has 1 aromatic rings. The quantitative estimate of drug-likeness (QED) is 0.493. The van der Waals surface area contributed by atoms with E-state index < -0.39 is 10.3 Å². The number of aliphatic hydroxyl groups is 1. The van der Waals surface area contributed by atoms with Crippen molar-refractivity contribution in [2.24, 2.45) is 5.92 Å². The summed E-state index contributed by atoms with van der Waals surface area (Å²) in [6, 6.07) is 6.39. The van der Waals surface area contributed by atoms with Crippen LogP contribution in [0.25, 0.3) is 0 Å². The third kappa shape index (κ3) is 3.21. The molecule has 0 spiro atoms. The van der Waals surface area contributed by atoms with Crippen molar-refractivity contribution >= 4 is 11.7 Å². The Labute approximate surface area is 122 Å². The fraction of sp³-hybridized carbons (Fsp3) is 0.533. The second-order valence-corrected chi connectivity index (χ2v) is 5.53. The molecule has 2 rings (SSSR count). The summed E-state index contributed by atoms with van der Waals surface area (Å²) in [6.07, 6.45) is 1.48. The Morgan fingerprint density at radius 1 is 1.52 bits per heavy atom. The Hall–Kier alpha value is -1.95. The van der Waals surface area contributed by atoms with E-state index in [0.29, 0.717) is 19.4 Å². The van der Waals surface area contributed by atoms with Crippen LogP contribution < -0.4 is 0 Å². The first-order valence-corrected chi connectivity index (χ1v) is 7.02. The third-order valence-electron chi connectivity index (χ3n) is 4.07. The lowest BCUT2D eigenvalue weighted by Gasteiger charge is -2.47. The summed E-state index contributed by atoms with van der Waals surface area (Å²) in [5.41, 5.74) is 0.337. The summed E-state index contributed by atoms with van der Waals surface area (Å²) < 4.78 is 5.01. The highest BCUT2D eigenvalue weighted by molar-refractivity contribution is 5.72. The molecule has 0 heterocycles. The number of ether oxygens (including phenoxy) is 1. The van der Waals surface area contributed by atoms with E-state index in [1.807, 2.05) is 0 Å². The van der Waals surface area contributed by atoms with Gasteiger partial charge in [0, 0.05) is 24.2 Å². The number of carbonyl (C=O) groups is 1. The number of non-ortho nitro benzene ring substituents is 1. The van der Waals surface area contributed by atoms with Crippen molar-refractivity contribution in [1.29, 1.82) is 0 Å². The average molecular weight is 293 g/mol. The molecule has 0 saturated heterocycles. The van der Waals surface area contributed by atoms with Gasteiger partial charge in [-0.05, 0) is 31.2 Å². The molecule has 1 N–H and O–H groups in total. The molecule has 6 nitrogen and oxygen atoms in total. The fourth-order valence-corrected chi connectivity index (χ4v) is 3.09. The van der Waals surface area contributed by atoms with Crippen LogP contribution in [-0.4, -0.2) is 29.2 Å². The van der Waals surface area contributed by atoms with Gasteiger partial charge in [0.2, 0.25) is 0 Å². The van der Waals surface area contributed by atoms with Crippen molar-refractivity contribution < 1.29 is 19.6 Å². The molecule has 0 amide bonds. The van der Waals surface area contributed by atoms with Gasteiger partial charge in [-0.15, -0.1) is 0 Å². The Kier molecular flexibility index (Phi) is 4.57. The van der Waals surface area contributed by atoms with Gasteiger partial charge < -0.3 is 9.84 Å². The van der Waals surface area contributed by atoms with Gasteiger partial charge in [-0.2, -0.15) is 0 Å². The van der Waals surface area contributed by atoms with Crippen LogP contribution >= 0.6 is 0 Å². The van der Waals surface area contributed by atoms with Crippen LogP contribution in [0.1, 0.15) is 31.7 Å².